The second-order valence-corrected chi connectivity index (χ2v) is 7.03. The standard InChI is InChI=1S/C10H18N4O2S2/c1-8-7-17-10(12-8)13-18(15,16)14-4-2-3-9(5-11)6-14/h7,9H,2-6,11H2,1H3,(H,12,13). The van der Waals surface area contributed by atoms with Gasteiger partial charge >= 0.3 is 10.2 Å². The van der Waals surface area contributed by atoms with E-state index in [0.717, 1.165) is 18.5 Å². The Hall–Kier alpha value is -0.700. The molecule has 102 valence electrons. The molecular weight excluding hydrogens is 272 g/mol. The number of piperidine rings is 1. The van der Waals surface area contributed by atoms with Crippen molar-refractivity contribution >= 4 is 26.7 Å². The minimum absolute atomic E-state index is 0.258. The van der Waals surface area contributed by atoms with Crippen LogP contribution in [-0.4, -0.2) is 37.3 Å². The van der Waals surface area contributed by atoms with Gasteiger partial charge in [-0.05, 0) is 32.2 Å². The molecule has 1 aliphatic rings. The molecule has 3 N–H and O–H groups in total. The van der Waals surface area contributed by atoms with Gasteiger partial charge in [0.05, 0.1) is 5.69 Å². The van der Waals surface area contributed by atoms with Crippen molar-refractivity contribution in [3.05, 3.63) is 11.1 Å². The maximum absolute atomic E-state index is 12.2. The lowest BCUT2D eigenvalue weighted by atomic mass is 10.0. The molecule has 0 aliphatic carbocycles. The Morgan fingerprint density at radius 2 is 2.44 bits per heavy atom. The van der Waals surface area contributed by atoms with Crippen LogP contribution in [0, 0.1) is 12.8 Å². The SMILES string of the molecule is Cc1csc(NS(=O)(=O)N2CCCC(CN)C2)n1. The molecule has 1 aromatic rings. The minimum Gasteiger partial charge on any atom is -0.330 e. The largest absolute Gasteiger partial charge is 0.330 e. The maximum Gasteiger partial charge on any atom is 0.303 e. The van der Waals surface area contributed by atoms with E-state index in [1.165, 1.54) is 15.6 Å². The van der Waals surface area contributed by atoms with Crippen LogP contribution in [0.4, 0.5) is 5.13 Å². The summed E-state index contributed by atoms with van der Waals surface area (Å²) < 4.78 is 28.3. The molecule has 1 aromatic heterocycles. The fourth-order valence-electron chi connectivity index (χ4n) is 2.01. The molecule has 1 aliphatic heterocycles. The number of aromatic nitrogens is 1. The van der Waals surface area contributed by atoms with E-state index < -0.39 is 10.2 Å². The highest BCUT2D eigenvalue weighted by Gasteiger charge is 2.28. The highest BCUT2D eigenvalue weighted by Crippen LogP contribution is 2.21. The Balaban J connectivity index is 2.06. The van der Waals surface area contributed by atoms with E-state index in [1.54, 1.807) is 0 Å². The van der Waals surface area contributed by atoms with Crippen molar-refractivity contribution < 1.29 is 8.42 Å². The third-order valence-corrected chi connectivity index (χ3v) is 5.46. The monoisotopic (exact) mass is 290 g/mol. The molecule has 0 amide bonds. The van der Waals surface area contributed by atoms with Gasteiger partial charge in [-0.15, -0.1) is 11.3 Å². The van der Waals surface area contributed by atoms with Crippen LogP contribution in [0.1, 0.15) is 18.5 Å². The first kappa shape index (κ1) is 13.7. The number of anilines is 1. The smallest absolute Gasteiger partial charge is 0.303 e. The van der Waals surface area contributed by atoms with Crippen molar-refractivity contribution in [2.24, 2.45) is 11.7 Å². The molecule has 8 heteroatoms. The number of nitrogens with one attached hydrogen (secondary N) is 1. The van der Waals surface area contributed by atoms with E-state index in [9.17, 15) is 8.42 Å². The number of rotatable bonds is 4. The predicted molar refractivity (Wildman–Crippen MR) is 72.7 cm³/mol. The van der Waals surface area contributed by atoms with E-state index in [4.69, 9.17) is 5.73 Å². The van der Waals surface area contributed by atoms with Gasteiger partial charge in [0.25, 0.3) is 0 Å². The Kier molecular flexibility index (Phi) is 4.21. The Morgan fingerprint density at radius 3 is 3.06 bits per heavy atom. The van der Waals surface area contributed by atoms with Crippen molar-refractivity contribution in [2.75, 3.05) is 24.4 Å². The van der Waals surface area contributed by atoms with Crippen molar-refractivity contribution in [2.45, 2.75) is 19.8 Å². The van der Waals surface area contributed by atoms with Crippen LogP contribution >= 0.6 is 11.3 Å². The summed E-state index contributed by atoms with van der Waals surface area (Å²) in [5, 5.41) is 2.24. The third-order valence-electron chi connectivity index (χ3n) is 2.99. The van der Waals surface area contributed by atoms with Gasteiger partial charge in [-0.25, -0.2) is 9.71 Å². The number of thiazole rings is 1. The van der Waals surface area contributed by atoms with Crippen molar-refractivity contribution in [3.63, 3.8) is 0 Å². The number of hydrogen-bond donors (Lipinski definition) is 2. The van der Waals surface area contributed by atoms with E-state index in [1.807, 2.05) is 12.3 Å². The summed E-state index contributed by atoms with van der Waals surface area (Å²) in [4.78, 5) is 4.11. The first-order valence-electron chi connectivity index (χ1n) is 5.91. The molecule has 1 unspecified atom stereocenters. The lowest BCUT2D eigenvalue weighted by molar-refractivity contribution is 0.273. The van der Waals surface area contributed by atoms with E-state index in [2.05, 4.69) is 9.71 Å². The average molecular weight is 290 g/mol. The topological polar surface area (TPSA) is 88.3 Å². The molecule has 0 aromatic carbocycles. The molecule has 18 heavy (non-hydrogen) atoms. The maximum atomic E-state index is 12.2. The van der Waals surface area contributed by atoms with Crippen LogP contribution in [0.2, 0.25) is 0 Å². The lowest BCUT2D eigenvalue weighted by Crippen LogP contribution is -2.44. The molecule has 0 radical (unpaired) electrons. The molecule has 1 fully saturated rings. The molecule has 2 heterocycles. The molecule has 1 atom stereocenters. The van der Waals surface area contributed by atoms with Crippen molar-refractivity contribution in [1.82, 2.24) is 9.29 Å². The summed E-state index contributed by atoms with van der Waals surface area (Å²) >= 11 is 1.29. The summed E-state index contributed by atoms with van der Waals surface area (Å²) in [6.07, 6.45) is 1.86. The third kappa shape index (κ3) is 3.19. The Labute approximate surface area is 111 Å². The van der Waals surface area contributed by atoms with Gasteiger partial charge in [0.15, 0.2) is 5.13 Å². The van der Waals surface area contributed by atoms with Gasteiger partial charge in [0.1, 0.15) is 0 Å². The Bertz CT molecular complexity index is 500. The second kappa shape index (κ2) is 5.52. The summed E-state index contributed by atoms with van der Waals surface area (Å²) in [5.74, 6) is 0.258. The summed E-state index contributed by atoms with van der Waals surface area (Å²) in [7, 11) is -3.49. The van der Waals surface area contributed by atoms with Crippen LogP contribution in [0.25, 0.3) is 0 Å². The molecule has 0 saturated carbocycles. The zero-order chi connectivity index (χ0) is 13.2. The summed E-state index contributed by atoms with van der Waals surface area (Å²) in [6.45, 7) is 3.41. The quantitative estimate of drug-likeness (QED) is 0.857. The van der Waals surface area contributed by atoms with Gasteiger partial charge < -0.3 is 5.73 Å². The first-order chi connectivity index (χ1) is 8.51. The molecule has 2 rings (SSSR count). The van der Waals surface area contributed by atoms with Crippen LogP contribution in [-0.2, 0) is 10.2 Å². The second-order valence-electron chi connectivity index (χ2n) is 4.50. The summed E-state index contributed by atoms with van der Waals surface area (Å²) in [6, 6.07) is 0. The van der Waals surface area contributed by atoms with Gasteiger partial charge in [-0.3, -0.25) is 0 Å². The van der Waals surface area contributed by atoms with Crippen LogP contribution in [0.5, 0.6) is 0 Å². The van der Waals surface area contributed by atoms with Crippen LogP contribution in [0.15, 0.2) is 5.38 Å². The fraction of sp³-hybridized carbons (Fsp3) is 0.700. The molecule has 6 nitrogen and oxygen atoms in total. The molecular formula is C10H18N4O2S2. The number of nitrogens with two attached hydrogens (primary N) is 1. The molecule has 0 spiro atoms. The van der Waals surface area contributed by atoms with Crippen molar-refractivity contribution in [1.29, 1.82) is 0 Å². The number of aryl methyl sites for hydroxylation is 1. The first-order valence-corrected chi connectivity index (χ1v) is 8.23. The lowest BCUT2D eigenvalue weighted by Gasteiger charge is -2.30. The molecule has 1 saturated heterocycles. The van der Waals surface area contributed by atoms with E-state index in [-0.39, 0.29) is 5.92 Å². The van der Waals surface area contributed by atoms with Gasteiger partial charge in [0.2, 0.25) is 0 Å². The van der Waals surface area contributed by atoms with Crippen LogP contribution < -0.4 is 10.5 Å². The van der Waals surface area contributed by atoms with Gasteiger partial charge in [-0.1, -0.05) is 0 Å². The minimum atomic E-state index is -3.49. The fourth-order valence-corrected chi connectivity index (χ4v) is 4.23. The van der Waals surface area contributed by atoms with E-state index >= 15 is 0 Å². The normalized spacial score (nSPS) is 22.0. The average Bonchev–Trinajstić information content (AvgIpc) is 2.74. The van der Waals surface area contributed by atoms with Crippen molar-refractivity contribution in [3.8, 4) is 0 Å². The zero-order valence-electron chi connectivity index (χ0n) is 10.3. The van der Waals surface area contributed by atoms with Gasteiger partial charge in [-0.2, -0.15) is 12.7 Å². The molecule has 0 bridgehead atoms. The summed E-state index contributed by atoms with van der Waals surface area (Å²) in [5.41, 5.74) is 6.43. The highest BCUT2D eigenvalue weighted by atomic mass is 32.2. The van der Waals surface area contributed by atoms with Crippen LogP contribution in [0.3, 0.4) is 0 Å². The number of hydrogen-bond acceptors (Lipinski definition) is 5. The number of nitrogens with zero attached hydrogens (tertiary/aromatic N) is 2. The zero-order valence-corrected chi connectivity index (χ0v) is 11.9. The van der Waals surface area contributed by atoms with Gasteiger partial charge in [0, 0.05) is 18.5 Å². The highest BCUT2D eigenvalue weighted by molar-refractivity contribution is 7.90. The predicted octanol–water partition coefficient (Wildman–Crippen LogP) is 0.779. The Morgan fingerprint density at radius 1 is 1.67 bits per heavy atom. The van der Waals surface area contributed by atoms with E-state index in [0.29, 0.717) is 24.8 Å².